The molecule has 1 aromatic rings. The lowest BCUT2D eigenvalue weighted by Gasteiger charge is -2.08. The van der Waals surface area contributed by atoms with Crippen LogP contribution >= 0.6 is 0 Å². The zero-order valence-electron chi connectivity index (χ0n) is 10.0. The summed E-state index contributed by atoms with van der Waals surface area (Å²) in [5.41, 5.74) is 0. The van der Waals surface area contributed by atoms with Crippen LogP contribution in [0.15, 0.2) is 23.1 Å². The minimum atomic E-state index is -4.01. The predicted molar refractivity (Wildman–Crippen MR) is 64.7 cm³/mol. The van der Waals surface area contributed by atoms with E-state index < -0.39 is 26.6 Å². The molecule has 7 heteroatoms. The lowest BCUT2D eigenvalue weighted by molar-refractivity contribution is 0.543. The van der Waals surface area contributed by atoms with Crippen LogP contribution in [0, 0.1) is 11.6 Å². The molecule has 4 nitrogen and oxygen atoms in total. The Morgan fingerprint density at radius 3 is 2.56 bits per heavy atom. The van der Waals surface area contributed by atoms with Gasteiger partial charge in [-0.3, -0.25) is 0 Å². The van der Waals surface area contributed by atoms with Gasteiger partial charge in [-0.1, -0.05) is 6.92 Å². The van der Waals surface area contributed by atoms with Gasteiger partial charge in [0.05, 0.1) is 0 Å². The summed E-state index contributed by atoms with van der Waals surface area (Å²) >= 11 is 0. The van der Waals surface area contributed by atoms with E-state index in [0.29, 0.717) is 12.6 Å². The Morgan fingerprint density at radius 1 is 1.17 bits per heavy atom. The summed E-state index contributed by atoms with van der Waals surface area (Å²) in [5.74, 6) is -1.76. The second-order valence-corrected chi connectivity index (χ2v) is 5.46. The van der Waals surface area contributed by atoms with Crippen molar-refractivity contribution in [1.82, 2.24) is 10.0 Å². The molecule has 0 aromatic heterocycles. The SMILES string of the molecule is CCCNCCNS(=O)(=O)c1cc(F)ccc1F. The summed E-state index contributed by atoms with van der Waals surface area (Å²) in [6.07, 6.45) is 0.936. The van der Waals surface area contributed by atoms with Crippen LogP contribution in [0.5, 0.6) is 0 Å². The van der Waals surface area contributed by atoms with E-state index in [2.05, 4.69) is 10.0 Å². The van der Waals surface area contributed by atoms with Crippen molar-refractivity contribution in [3.63, 3.8) is 0 Å². The zero-order chi connectivity index (χ0) is 13.6. The number of sulfonamides is 1. The molecule has 0 fully saturated rings. The van der Waals surface area contributed by atoms with E-state index in [1.165, 1.54) is 0 Å². The van der Waals surface area contributed by atoms with Crippen molar-refractivity contribution < 1.29 is 17.2 Å². The van der Waals surface area contributed by atoms with Crippen LogP contribution in [-0.4, -0.2) is 28.1 Å². The minimum absolute atomic E-state index is 0.123. The van der Waals surface area contributed by atoms with Crippen LogP contribution in [0.1, 0.15) is 13.3 Å². The number of halogens is 2. The molecule has 0 atom stereocenters. The fourth-order valence-corrected chi connectivity index (χ4v) is 2.46. The Balaban J connectivity index is 2.66. The molecule has 0 bridgehead atoms. The van der Waals surface area contributed by atoms with E-state index in [9.17, 15) is 17.2 Å². The van der Waals surface area contributed by atoms with Crippen LogP contribution < -0.4 is 10.0 Å². The first-order chi connectivity index (χ1) is 8.47. The van der Waals surface area contributed by atoms with Crippen LogP contribution in [0.3, 0.4) is 0 Å². The molecule has 0 saturated heterocycles. The zero-order valence-corrected chi connectivity index (χ0v) is 10.9. The highest BCUT2D eigenvalue weighted by atomic mass is 32.2. The van der Waals surface area contributed by atoms with Crippen LogP contribution in [-0.2, 0) is 10.0 Å². The van der Waals surface area contributed by atoms with Crippen LogP contribution in [0.25, 0.3) is 0 Å². The number of hydrogen-bond acceptors (Lipinski definition) is 3. The summed E-state index contributed by atoms with van der Waals surface area (Å²) in [5, 5.41) is 2.99. The van der Waals surface area contributed by atoms with Gasteiger partial charge in [-0.2, -0.15) is 0 Å². The minimum Gasteiger partial charge on any atom is -0.315 e. The van der Waals surface area contributed by atoms with Gasteiger partial charge in [0, 0.05) is 13.1 Å². The van der Waals surface area contributed by atoms with E-state index in [0.717, 1.165) is 25.1 Å². The first kappa shape index (κ1) is 15.0. The second-order valence-electron chi connectivity index (χ2n) is 3.72. The van der Waals surface area contributed by atoms with E-state index >= 15 is 0 Å². The lowest BCUT2D eigenvalue weighted by atomic mass is 10.3. The van der Waals surface area contributed by atoms with E-state index in [1.54, 1.807) is 0 Å². The third-order valence-electron chi connectivity index (χ3n) is 2.20. The van der Waals surface area contributed by atoms with E-state index in [1.807, 2.05) is 6.92 Å². The van der Waals surface area contributed by atoms with Gasteiger partial charge in [0.1, 0.15) is 16.5 Å². The molecule has 1 rings (SSSR count). The van der Waals surface area contributed by atoms with Crippen LogP contribution in [0.4, 0.5) is 8.78 Å². The van der Waals surface area contributed by atoms with Crippen molar-refractivity contribution >= 4 is 10.0 Å². The van der Waals surface area contributed by atoms with Crippen molar-refractivity contribution in [2.45, 2.75) is 18.2 Å². The van der Waals surface area contributed by atoms with Gasteiger partial charge in [0.25, 0.3) is 0 Å². The highest BCUT2D eigenvalue weighted by Gasteiger charge is 2.19. The molecule has 0 amide bonds. The Labute approximate surface area is 105 Å². The molecule has 0 heterocycles. The van der Waals surface area contributed by atoms with Crippen LogP contribution in [0.2, 0.25) is 0 Å². The molecule has 0 unspecified atom stereocenters. The highest BCUT2D eigenvalue weighted by Crippen LogP contribution is 2.15. The molecule has 102 valence electrons. The summed E-state index contributed by atoms with van der Waals surface area (Å²) in [6, 6.07) is 2.33. The second kappa shape index (κ2) is 6.77. The standard InChI is InChI=1S/C11H16F2N2O2S/c1-2-5-14-6-7-15-18(16,17)11-8-9(12)3-4-10(11)13/h3-4,8,14-15H,2,5-7H2,1H3. The summed E-state index contributed by atoms with van der Waals surface area (Å²) in [4.78, 5) is -0.669. The van der Waals surface area contributed by atoms with E-state index in [4.69, 9.17) is 0 Å². The molecule has 1 aromatic carbocycles. The maximum atomic E-state index is 13.3. The molecular formula is C11H16F2N2O2S. The number of rotatable bonds is 7. The Hall–Kier alpha value is -1.05. The molecular weight excluding hydrogens is 262 g/mol. The third-order valence-corrected chi connectivity index (χ3v) is 3.68. The highest BCUT2D eigenvalue weighted by molar-refractivity contribution is 7.89. The monoisotopic (exact) mass is 278 g/mol. The van der Waals surface area contributed by atoms with Crippen molar-refractivity contribution in [1.29, 1.82) is 0 Å². The average molecular weight is 278 g/mol. The first-order valence-corrected chi connectivity index (χ1v) is 7.11. The quantitative estimate of drug-likeness (QED) is 0.738. The summed E-state index contributed by atoms with van der Waals surface area (Å²) in [7, 11) is -4.01. The number of hydrogen-bond donors (Lipinski definition) is 2. The van der Waals surface area contributed by atoms with Gasteiger partial charge in [-0.25, -0.2) is 21.9 Å². The fourth-order valence-electron chi connectivity index (χ4n) is 1.34. The predicted octanol–water partition coefficient (Wildman–Crippen LogP) is 1.24. The van der Waals surface area contributed by atoms with Gasteiger partial charge in [0.2, 0.25) is 10.0 Å². The fraction of sp³-hybridized carbons (Fsp3) is 0.455. The molecule has 0 radical (unpaired) electrons. The Morgan fingerprint density at radius 2 is 1.89 bits per heavy atom. The van der Waals surface area contributed by atoms with Crippen molar-refractivity contribution in [2.24, 2.45) is 0 Å². The maximum Gasteiger partial charge on any atom is 0.243 e. The van der Waals surface area contributed by atoms with Crippen molar-refractivity contribution in [3.05, 3.63) is 29.8 Å². The number of benzene rings is 1. The summed E-state index contributed by atoms with van der Waals surface area (Å²) < 4.78 is 51.8. The Bertz CT molecular complexity index is 492. The van der Waals surface area contributed by atoms with Gasteiger partial charge in [-0.05, 0) is 31.2 Å². The topological polar surface area (TPSA) is 58.2 Å². The van der Waals surface area contributed by atoms with Crippen molar-refractivity contribution in [3.8, 4) is 0 Å². The summed E-state index contributed by atoms with van der Waals surface area (Å²) in [6.45, 7) is 3.32. The molecule has 18 heavy (non-hydrogen) atoms. The first-order valence-electron chi connectivity index (χ1n) is 5.63. The smallest absolute Gasteiger partial charge is 0.243 e. The molecule has 0 saturated carbocycles. The van der Waals surface area contributed by atoms with E-state index in [-0.39, 0.29) is 6.54 Å². The molecule has 0 aliphatic carbocycles. The molecule has 0 aliphatic heterocycles. The third kappa shape index (κ3) is 4.32. The Kier molecular flexibility index (Phi) is 5.64. The van der Waals surface area contributed by atoms with Crippen molar-refractivity contribution in [2.75, 3.05) is 19.6 Å². The molecule has 2 N–H and O–H groups in total. The average Bonchev–Trinajstić information content (AvgIpc) is 2.32. The lowest BCUT2D eigenvalue weighted by Crippen LogP contribution is -2.32. The van der Waals surface area contributed by atoms with Gasteiger partial charge in [0.15, 0.2) is 0 Å². The normalized spacial score (nSPS) is 11.7. The largest absolute Gasteiger partial charge is 0.315 e. The van der Waals surface area contributed by atoms with Gasteiger partial charge < -0.3 is 5.32 Å². The van der Waals surface area contributed by atoms with Gasteiger partial charge in [-0.15, -0.1) is 0 Å². The maximum absolute atomic E-state index is 13.3. The molecule has 0 spiro atoms. The molecule has 0 aliphatic rings. The number of nitrogens with one attached hydrogen (secondary N) is 2. The van der Waals surface area contributed by atoms with Gasteiger partial charge >= 0.3 is 0 Å².